The van der Waals surface area contributed by atoms with Crippen molar-refractivity contribution in [2.24, 2.45) is 0 Å². The van der Waals surface area contributed by atoms with Crippen LogP contribution >= 0.6 is 0 Å². The van der Waals surface area contributed by atoms with Crippen LogP contribution < -0.4 is 14.8 Å². The average Bonchev–Trinajstić information content (AvgIpc) is 2.94. The second kappa shape index (κ2) is 20.4. The van der Waals surface area contributed by atoms with Gasteiger partial charge in [-0.1, -0.05) is 65.9 Å². The van der Waals surface area contributed by atoms with Crippen LogP contribution in [-0.4, -0.2) is 61.1 Å². The van der Waals surface area contributed by atoms with Gasteiger partial charge in [-0.15, -0.1) is 0 Å². The van der Waals surface area contributed by atoms with Crippen molar-refractivity contribution in [2.75, 3.05) is 19.8 Å². The monoisotopic (exact) mass is 597 g/mol. The van der Waals surface area contributed by atoms with Crippen LogP contribution in [0.2, 0.25) is 0 Å². The standard InChI is InChI=1S/C30H47NO11/c1-6-10-13-18-37-27(34)40-24-16-15-23(20-25(24)41-28(35)38-19-14-11-7-2)21-30(26(32)33,31-22(5)9-4)42-29(36)39-17-12-8-3/h15-16,20,22,31H,6-14,17-19,21H2,1-5H3,(H,32,33)/t22?,30-/m0/s1. The molecule has 0 aliphatic carbocycles. The smallest absolute Gasteiger partial charge is 0.477 e. The van der Waals surface area contributed by atoms with E-state index < -0.39 is 30.2 Å². The zero-order valence-electron chi connectivity index (χ0n) is 25.5. The molecule has 0 amide bonds. The lowest BCUT2D eigenvalue weighted by Gasteiger charge is -2.32. The Balaban J connectivity index is 3.30. The molecular formula is C30H47NO11. The molecule has 0 aliphatic heterocycles. The molecular weight excluding hydrogens is 550 g/mol. The maximum Gasteiger partial charge on any atom is 0.513 e. The molecule has 1 unspecified atom stereocenters. The summed E-state index contributed by atoms with van der Waals surface area (Å²) in [5.74, 6) is -1.80. The summed E-state index contributed by atoms with van der Waals surface area (Å²) < 4.78 is 31.3. The van der Waals surface area contributed by atoms with E-state index in [4.69, 9.17) is 28.4 Å². The van der Waals surface area contributed by atoms with Crippen LogP contribution in [0.3, 0.4) is 0 Å². The largest absolute Gasteiger partial charge is 0.513 e. The molecule has 2 atom stereocenters. The van der Waals surface area contributed by atoms with Crippen LogP contribution in [-0.2, 0) is 30.2 Å². The Hall–Kier alpha value is -3.54. The van der Waals surface area contributed by atoms with Gasteiger partial charge in [-0.05, 0) is 50.3 Å². The van der Waals surface area contributed by atoms with Crippen LogP contribution in [0.4, 0.5) is 14.4 Å². The fraction of sp³-hybridized carbons (Fsp3) is 0.667. The van der Waals surface area contributed by atoms with Crippen LogP contribution in [0.1, 0.15) is 98.0 Å². The summed E-state index contributed by atoms with van der Waals surface area (Å²) in [4.78, 5) is 49.7. The van der Waals surface area contributed by atoms with Gasteiger partial charge in [0.2, 0.25) is 0 Å². The van der Waals surface area contributed by atoms with Crippen molar-refractivity contribution in [3.63, 3.8) is 0 Å². The van der Waals surface area contributed by atoms with Gasteiger partial charge in [0.25, 0.3) is 5.72 Å². The molecule has 238 valence electrons. The number of carbonyl (C=O) groups excluding carboxylic acids is 3. The van der Waals surface area contributed by atoms with Crippen molar-refractivity contribution in [2.45, 2.75) is 111 Å². The normalized spacial score (nSPS) is 12.9. The van der Waals surface area contributed by atoms with Crippen molar-refractivity contribution in [3.8, 4) is 11.5 Å². The first-order valence-corrected chi connectivity index (χ1v) is 14.8. The van der Waals surface area contributed by atoms with Crippen LogP contribution in [0, 0.1) is 0 Å². The highest BCUT2D eigenvalue weighted by Gasteiger charge is 2.44. The number of aliphatic carboxylic acids is 1. The van der Waals surface area contributed by atoms with Gasteiger partial charge in [-0.3, -0.25) is 5.32 Å². The molecule has 0 aliphatic rings. The third kappa shape index (κ3) is 13.9. The Bertz CT molecular complexity index is 984. The maximum atomic E-state index is 12.5. The van der Waals surface area contributed by atoms with Crippen LogP contribution in [0.25, 0.3) is 0 Å². The van der Waals surface area contributed by atoms with E-state index in [2.05, 4.69) is 5.32 Å². The minimum absolute atomic E-state index is 0.0767. The molecule has 0 bridgehead atoms. The minimum atomic E-state index is -2.21. The number of carboxylic acids is 1. The topological polar surface area (TPSA) is 156 Å². The molecule has 0 heterocycles. The Morgan fingerprint density at radius 3 is 1.81 bits per heavy atom. The summed E-state index contributed by atoms with van der Waals surface area (Å²) in [6.07, 6.45) is 3.30. The molecule has 0 spiro atoms. The second-order valence-electron chi connectivity index (χ2n) is 9.91. The van der Waals surface area contributed by atoms with Crippen LogP contribution in [0.5, 0.6) is 11.5 Å². The van der Waals surface area contributed by atoms with Gasteiger partial charge in [0.15, 0.2) is 11.5 Å². The van der Waals surface area contributed by atoms with E-state index in [1.165, 1.54) is 18.2 Å². The van der Waals surface area contributed by atoms with Crippen LogP contribution in [0.15, 0.2) is 18.2 Å². The molecule has 12 heteroatoms. The van der Waals surface area contributed by atoms with Crippen molar-refractivity contribution in [3.05, 3.63) is 23.8 Å². The molecule has 1 aromatic rings. The Morgan fingerprint density at radius 1 is 0.762 bits per heavy atom. The van der Waals surface area contributed by atoms with E-state index >= 15 is 0 Å². The molecule has 1 aromatic carbocycles. The fourth-order valence-corrected chi connectivity index (χ4v) is 3.64. The lowest BCUT2D eigenvalue weighted by atomic mass is 10.00. The minimum Gasteiger partial charge on any atom is -0.477 e. The Labute approximate surface area is 248 Å². The zero-order valence-corrected chi connectivity index (χ0v) is 25.5. The summed E-state index contributed by atoms with van der Waals surface area (Å²) in [6.45, 7) is 9.91. The second-order valence-corrected chi connectivity index (χ2v) is 9.91. The van der Waals surface area contributed by atoms with Gasteiger partial charge >= 0.3 is 24.4 Å². The number of hydrogen-bond acceptors (Lipinski definition) is 11. The van der Waals surface area contributed by atoms with Crippen molar-refractivity contribution >= 4 is 24.4 Å². The molecule has 0 aromatic heterocycles. The number of nitrogens with one attached hydrogen (secondary N) is 1. The van der Waals surface area contributed by atoms with Gasteiger partial charge in [0, 0.05) is 12.5 Å². The van der Waals surface area contributed by atoms with Gasteiger partial charge in [-0.2, -0.15) is 0 Å². The predicted molar refractivity (Wildman–Crippen MR) is 154 cm³/mol. The van der Waals surface area contributed by atoms with E-state index in [1.807, 2.05) is 27.7 Å². The van der Waals surface area contributed by atoms with Gasteiger partial charge < -0.3 is 33.5 Å². The number of rotatable bonds is 20. The van der Waals surface area contributed by atoms with Gasteiger partial charge in [0.1, 0.15) is 0 Å². The van der Waals surface area contributed by atoms with Crippen molar-refractivity contribution in [1.82, 2.24) is 5.32 Å². The SMILES string of the molecule is CCCCCOC(=O)Oc1ccc(C[C@](NC(C)CC)(OC(=O)OCCCC)C(=O)O)cc1OC(=O)OCCCCC. The number of ether oxygens (including phenoxy) is 6. The molecule has 42 heavy (non-hydrogen) atoms. The van der Waals surface area contributed by atoms with E-state index in [1.54, 1.807) is 6.92 Å². The summed E-state index contributed by atoms with van der Waals surface area (Å²) in [5.41, 5.74) is -1.93. The summed E-state index contributed by atoms with van der Waals surface area (Å²) in [7, 11) is 0. The summed E-state index contributed by atoms with van der Waals surface area (Å²) in [6, 6.07) is 3.75. The zero-order chi connectivity index (χ0) is 31.4. The molecule has 0 radical (unpaired) electrons. The highest BCUT2D eigenvalue weighted by atomic mass is 16.8. The lowest BCUT2D eigenvalue weighted by Crippen LogP contribution is -2.59. The number of hydrogen-bond donors (Lipinski definition) is 2. The third-order valence-corrected chi connectivity index (χ3v) is 6.20. The molecule has 2 N–H and O–H groups in total. The highest BCUT2D eigenvalue weighted by molar-refractivity contribution is 5.80. The number of carbonyl (C=O) groups is 4. The molecule has 1 rings (SSSR count). The number of unbranched alkanes of at least 4 members (excludes halogenated alkanes) is 5. The Kier molecular flexibility index (Phi) is 17.7. The van der Waals surface area contributed by atoms with Crippen molar-refractivity contribution in [1.29, 1.82) is 0 Å². The predicted octanol–water partition coefficient (Wildman–Crippen LogP) is 6.76. The highest BCUT2D eigenvalue weighted by Crippen LogP contribution is 2.31. The summed E-state index contributed by atoms with van der Waals surface area (Å²) in [5, 5.41) is 13.1. The lowest BCUT2D eigenvalue weighted by molar-refractivity contribution is -0.167. The first-order chi connectivity index (χ1) is 20.1. The van der Waals surface area contributed by atoms with Gasteiger partial charge in [-0.25, -0.2) is 19.2 Å². The summed E-state index contributed by atoms with van der Waals surface area (Å²) >= 11 is 0. The quantitative estimate of drug-likeness (QED) is 0.0536. The fourth-order valence-electron chi connectivity index (χ4n) is 3.64. The van der Waals surface area contributed by atoms with Gasteiger partial charge in [0.05, 0.1) is 19.8 Å². The third-order valence-electron chi connectivity index (χ3n) is 6.20. The van der Waals surface area contributed by atoms with E-state index in [-0.39, 0.29) is 49.3 Å². The molecule has 0 saturated carbocycles. The maximum absolute atomic E-state index is 12.5. The van der Waals surface area contributed by atoms with E-state index in [0.717, 1.165) is 32.1 Å². The molecule has 0 saturated heterocycles. The van der Waals surface area contributed by atoms with E-state index in [0.29, 0.717) is 25.7 Å². The number of carboxylic acid groups (broad SMARTS) is 1. The average molecular weight is 598 g/mol. The number of benzene rings is 1. The van der Waals surface area contributed by atoms with E-state index in [9.17, 15) is 24.3 Å². The Morgan fingerprint density at radius 2 is 1.29 bits per heavy atom. The molecule has 0 fully saturated rings. The molecule has 12 nitrogen and oxygen atoms in total. The first kappa shape index (κ1) is 36.5. The van der Waals surface area contributed by atoms with Crippen molar-refractivity contribution < 1.29 is 52.7 Å². The first-order valence-electron chi connectivity index (χ1n) is 14.8.